The minimum absolute atomic E-state index is 0.241. The highest BCUT2D eigenvalue weighted by molar-refractivity contribution is 5.85. The molecule has 0 rings (SSSR count). The fraction of sp³-hybridized carbons (Fsp3) is 0.815. The van der Waals surface area contributed by atoms with Gasteiger partial charge in [-0.25, -0.2) is 19.2 Å². The topological polar surface area (TPSA) is 170 Å². The average molecular weight is 575 g/mol. The lowest BCUT2D eigenvalue weighted by atomic mass is 10.1. The maximum absolute atomic E-state index is 12.8. The summed E-state index contributed by atoms with van der Waals surface area (Å²) in [6.07, 6.45) is -0.142. The molecule has 4 amide bonds. The fourth-order valence-corrected chi connectivity index (χ4v) is 3.18. The zero-order valence-electron chi connectivity index (χ0n) is 25.8. The predicted molar refractivity (Wildman–Crippen MR) is 149 cm³/mol. The van der Waals surface area contributed by atoms with Gasteiger partial charge in [-0.3, -0.25) is 4.79 Å². The third-order valence-electron chi connectivity index (χ3n) is 4.74. The van der Waals surface area contributed by atoms with Crippen LogP contribution in [-0.4, -0.2) is 79.2 Å². The summed E-state index contributed by atoms with van der Waals surface area (Å²) in [4.78, 5) is 61.1. The standard InChI is InChI=1S/C27H50N4O9/c1-25(2,3)38-22(34)29-17-13-15-18(30-23(35)39-26(4,5)6)20(32)28-16-12-11-14-19(21(33)37-10)31-24(36)40-27(7,8)9/h18-19H,11-17H2,1-10H3,(H,28,32)(H,29,34)(H,30,35)(H,31,36)/t18-,19+/m1/s1. The van der Waals surface area contributed by atoms with Crippen LogP contribution in [0.15, 0.2) is 0 Å². The first kappa shape index (κ1) is 36.8. The summed E-state index contributed by atoms with van der Waals surface area (Å²) >= 11 is 0. The first-order valence-corrected chi connectivity index (χ1v) is 13.5. The first-order chi connectivity index (χ1) is 18.2. The molecule has 40 heavy (non-hydrogen) atoms. The molecular weight excluding hydrogens is 524 g/mol. The van der Waals surface area contributed by atoms with Crippen LogP contribution in [0.25, 0.3) is 0 Å². The van der Waals surface area contributed by atoms with Crippen molar-refractivity contribution in [1.82, 2.24) is 21.3 Å². The van der Waals surface area contributed by atoms with Crippen molar-refractivity contribution >= 4 is 30.2 Å². The predicted octanol–water partition coefficient (Wildman–Crippen LogP) is 3.54. The number of amides is 4. The highest BCUT2D eigenvalue weighted by Crippen LogP contribution is 2.10. The average Bonchev–Trinajstić information content (AvgIpc) is 2.75. The van der Waals surface area contributed by atoms with Gasteiger partial charge in [-0.05, 0) is 94.4 Å². The molecule has 0 aliphatic carbocycles. The molecule has 0 aliphatic heterocycles. The van der Waals surface area contributed by atoms with Gasteiger partial charge in [-0.2, -0.15) is 0 Å². The number of unbranched alkanes of at least 4 members (excludes halogenated alkanes) is 1. The maximum atomic E-state index is 12.8. The Kier molecular flexibility index (Phi) is 15.4. The van der Waals surface area contributed by atoms with Crippen LogP contribution in [0.2, 0.25) is 0 Å². The maximum Gasteiger partial charge on any atom is 0.408 e. The Hall–Kier alpha value is -3.25. The largest absolute Gasteiger partial charge is 0.467 e. The molecule has 4 N–H and O–H groups in total. The molecule has 0 unspecified atom stereocenters. The summed E-state index contributed by atoms with van der Waals surface area (Å²) in [6.45, 7) is 16.1. The van der Waals surface area contributed by atoms with Crippen LogP contribution in [0.4, 0.5) is 14.4 Å². The van der Waals surface area contributed by atoms with Crippen molar-refractivity contribution in [2.24, 2.45) is 0 Å². The van der Waals surface area contributed by atoms with Crippen molar-refractivity contribution in [1.29, 1.82) is 0 Å². The van der Waals surface area contributed by atoms with E-state index in [1.165, 1.54) is 7.11 Å². The molecule has 0 fully saturated rings. The van der Waals surface area contributed by atoms with Gasteiger partial charge in [-0.15, -0.1) is 0 Å². The lowest BCUT2D eigenvalue weighted by Gasteiger charge is -2.24. The number of hydrogen-bond donors (Lipinski definition) is 4. The van der Waals surface area contributed by atoms with E-state index in [1.807, 2.05) is 0 Å². The minimum Gasteiger partial charge on any atom is -0.467 e. The number of ether oxygens (including phenoxy) is 4. The van der Waals surface area contributed by atoms with Gasteiger partial charge in [-0.1, -0.05) is 0 Å². The molecule has 0 aromatic rings. The van der Waals surface area contributed by atoms with Crippen molar-refractivity contribution in [3.8, 4) is 0 Å². The summed E-state index contributed by atoms with van der Waals surface area (Å²) < 4.78 is 20.4. The Labute approximate surface area is 238 Å². The highest BCUT2D eigenvalue weighted by atomic mass is 16.6. The molecule has 0 saturated heterocycles. The molecule has 0 spiro atoms. The minimum atomic E-state index is -0.896. The summed E-state index contributed by atoms with van der Waals surface area (Å²) in [6, 6.07) is -1.79. The third kappa shape index (κ3) is 19.8. The third-order valence-corrected chi connectivity index (χ3v) is 4.74. The summed E-state index contributed by atoms with van der Waals surface area (Å²) in [5.41, 5.74) is -2.09. The highest BCUT2D eigenvalue weighted by Gasteiger charge is 2.26. The van der Waals surface area contributed by atoms with E-state index in [-0.39, 0.29) is 25.9 Å². The van der Waals surface area contributed by atoms with E-state index < -0.39 is 59.0 Å². The van der Waals surface area contributed by atoms with Crippen molar-refractivity contribution in [2.75, 3.05) is 20.2 Å². The molecule has 13 nitrogen and oxygen atoms in total. The van der Waals surface area contributed by atoms with Crippen molar-refractivity contribution < 1.29 is 42.9 Å². The van der Waals surface area contributed by atoms with Gasteiger partial charge >= 0.3 is 24.2 Å². The van der Waals surface area contributed by atoms with Gasteiger partial charge < -0.3 is 40.2 Å². The number of methoxy groups -OCH3 is 1. The zero-order chi connectivity index (χ0) is 31.1. The van der Waals surface area contributed by atoms with Gasteiger partial charge in [0, 0.05) is 13.1 Å². The Morgan fingerprint density at radius 3 is 1.48 bits per heavy atom. The number of carbonyl (C=O) groups excluding carboxylic acids is 5. The van der Waals surface area contributed by atoms with Crippen LogP contribution in [0, 0.1) is 0 Å². The van der Waals surface area contributed by atoms with E-state index in [2.05, 4.69) is 21.3 Å². The van der Waals surface area contributed by atoms with E-state index >= 15 is 0 Å². The Morgan fingerprint density at radius 1 is 0.575 bits per heavy atom. The molecule has 13 heteroatoms. The SMILES string of the molecule is COC(=O)[C@H](CCCCNC(=O)[C@@H](CCCNC(=O)OC(C)(C)C)NC(=O)OC(C)(C)C)NC(=O)OC(C)(C)C. The second-order valence-corrected chi connectivity index (χ2v) is 12.3. The Morgan fingerprint density at radius 2 is 1.00 bits per heavy atom. The van der Waals surface area contributed by atoms with Crippen molar-refractivity contribution in [3.05, 3.63) is 0 Å². The monoisotopic (exact) mass is 574 g/mol. The van der Waals surface area contributed by atoms with Gasteiger partial charge in [0.15, 0.2) is 0 Å². The van der Waals surface area contributed by atoms with E-state index in [0.29, 0.717) is 19.3 Å². The molecule has 0 saturated carbocycles. The van der Waals surface area contributed by atoms with Crippen LogP contribution >= 0.6 is 0 Å². The smallest absolute Gasteiger partial charge is 0.408 e. The lowest BCUT2D eigenvalue weighted by Crippen LogP contribution is -2.48. The molecule has 2 atom stereocenters. The van der Waals surface area contributed by atoms with E-state index in [0.717, 1.165) is 0 Å². The Bertz CT molecular complexity index is 842. The number of carbonyl (C=O) groups is 5. The van der Waals surface area contributed by atoms with Crippen molar-refractivity contribution in [3.63, 3.8) is 0 Å². The summed E-state index contributed by atoms with van der Waals surface area (Å²) in [7, 11) is 1.23. The van der Waals surface area contributed by atoms with Gasteiger partial charge in [0.05, 0.1) is 7.11 Å². The first-order valence-electron chi connectivity index (χ1n) is 13.5. The molecule has 0 heterocycles. The molecule has 0 aromatic carbocycles. The summed E-state index contributed by atoms with van der Waals surface area (Å²) in [5.74, 6) is -1.02. The lowest BCUT2D eigenvalue weighted by molar-refractivity contribution is -0.143. The Balaban J connectivity index is 4.87. The second-order valence-electron chi connectivity index (χ2n) is 12.3. The van der Waals surface area contributed by atoms with E-state index in [9.17, 15) is 24.0 Å². The van der Waals surface area contributed by atoms with Gasteiger partial charge in [0.2, 0.25) is 5.91 Å². The van der Waals surface area contributed by atoms with E-state index in [4.69, 9.17) is 18.9 Å². The fourth-order valence-electron chi connectivity index (χ4n) is 3.18. The molecule has 232 valence electrons. The number of hydrogen-bond acceptors (Lipinski definition) is 9. The van der Waals surface area contributed by atoms with Gasteiger partial charge in [0.25, 0.3) is 0 Å². The second kappa shape index (κ2) is 16.8. The normalized spacial score (nSPS) is 13.2. The van der Waals surface area contributed by atoms with Crippen LogP contribution in [0.5, 0.6) is 0 Å². The number of rotatable bonds is 13. The molecular formula is C27H50N4O9. The van der Waals surface area contributed by atoms with Crippen LogP contribution < -0.4 is 21.3 Å². The van der Waals surface area contributed by atoms with Crippen molar-refractivity contribution in [2.45, 2.75) is 123 Å². The number of alkyl carbamates (subject to hydrolysis) is 3. The van der Waals surface area contributed by atoms with Crippen LogP contribution in [-0.2, 0) is 28.5 Å². The molecule has 0 aromatic heterocycles. The molecule has 0 aliphatic rings. The zero-order valence-corrected chi connectivity index (χ0v) is 25.8. The quantitative estimate of drug-likeness (QED) is 0.146. The summed E-state index contributed by atoms with van der Waals surface area (Å²) in [5, 5.41) is 10.5. The van der Waals surface area contributed by atoms with Crippen LogP contribution in [0.1, 0.15) is 94.4 Å². The molecule has 0 bridgehead atoms. The van der Waals surface area contributed by atoms with Crippen LogP contribution in [0.3, 0.4) is 0 Å². The van der Waals surface area contributed by atoms with Gasteiger partial charge in [0.1, 0.15) is 28.9 Å². The molecule has 0 radical (unpaired) electrons. The van der Waals surface area contributed by atoms with E-state index in [1.54, 1.807) is 62.3 Å². The number of nitrogens with one attached hydrogen (secondary N) is 4. The number of esters is 1.